The number of aromatic nitrogens is 2. The smallest absolute Gasteiger partial charge is 0.272 e. The highest BCUT2D eigenvalue weighted by molar-refractivity contribution is 7.98. The summed E-state index contributed by atoms with van der Waals surface area (Å²) in [5.74, 6) is -0.156. The van der Waals surface area contributed by atoms with E-state index in [1.807, 2.05) is 29.8 Å². The van der Waals surface area contributed by atoms with Gasteiger partial charge in [0.1, 0.15) is 11.2 Å². The average molecular weight is 371 g/mol. The van der Waals surface area contributed by atoms with Gasteiger partial charge in [0, 0.05) is 0 Å². The van der Waals surface area contributed by atoms with Crippen molar-refractivity contribution in [3.05, 3.63) is 57.2 Å². The molecular weight excluding hydrogens is 354 g/mol. The van der Waals surface area contributed by atoms with Gasteiger partial charge in [-0.1, -0.05) is 36.0 Å². The maximum Gasteiger partial charge on any atom is 0.272 e. The number of benzene rings is 1. The van der Waals surface area contributed by atoms with E-state index in [4.69, 9.17) is 0 Å². The van der Waals surface area contributed by atoms with Crippen LogP contribution in [0, 0.1) is 0 Å². The highest BCUT2D eigenvalue weighted by Crippen LogP contribution is 2.30. The normalized spacial score (nSPS) is 16.1. The Morgan fingerprint density at radius 2 is 2.24 bits per heavy atom. The molecule has 2 aromatic heterocycles. The third-order valence-corrected chi connectivity index (χ3v) is 6.05. The third-order valence-electron chi connectivity index (χ3n) is 4.48. The predicted octanol–water partition coefficient (Wildman–Crippen LogP) is 2.98. The highest BCUT2D eigenvalue weighted by Gasteiger charge is 2.24. The van der Waals surface area contributed by atoms with E-state index in [0.29, 0.717) is 15.4 Å². The Hall–Kier alpha value is -2.12. The van der Waals surface area contributed by atoms with Crippen LogP contribution in [0.4, 0.5) is 0 Å². The molecular formula is C18H17N3O2S2. The van der Waals surface area contributed by atoms with Gasteiger partial charge in [-0.2, -0.15) is 0 Å². The Bertz CT molecular complexity index is 1010. The Balaban J connectivity index is 1.58. The van der Waals surface area contributed by atoms with Gasteiger partial charge in [0.25, 0.3) is 5.56 Å². The monoisotopic (exact) mass is 371 g/mol. The summed E-state index contributed by atoms with van der Waals surface area (Å²) in [6.45, 7) is -0.00544. The van der Waals surface area contributed by atoms with Crippen LogP contribution in [0.1, 0.15) is 23.6 Å². The minimum atomic E-state index is -0.156. The first kappa shape index (κ1) is 16.4. The molecule has 0 spiro atoms. The fraction of sp³-hybridized carbons (Fsp3) is 0.278. The summed E-state index contributed by atoms with van der Waals surface area (Å²) in [6, 6.07) is 10.0. The summed E-state index contributed by atoms with van der Waals surface area (Å²) >= 11 is 2.74. The first-order chi connectivity index (χ1) is 12.2. The molecule has 3 aromatic rings. The molecule has 1 aromatic carbocycles. The molecule has 0 fully saturated rings. The second-order valence-electron chi connectivity index (χ2n) is 5.98. The number of amides is 1. The van der Waals surface area contributed by atoms with Crippen LogP contribution in [0.2, 0.25) is 0 Å². The third kappa shape index (κ3) is 2.98. The molecule has 0 unspecified atom stereocenters. The Kier molecular flexibility index (Phi) is 4.35. The minimum absolute atomic E-state index is 0.00544. The van der Waals surface area contributed by atoms with Gasteiger partial charge in [0.15, 0.2) is 5.16 Å². The van der Waals surface area contributed by atoms with Crippen molar-refractivity contribution in [3.8, 4) is 0 Å². The SMILES string of the molecule is CSc1nc2ccsc2c(=O)n1CC(=O)N[C@H]1CCc2ccccc21. The van der Waals surface area contributed by atoms with E-state index in [2.05, 4.69) is 22.4 Å². The van der Waals surface area contributed by atoms with Gasteiger partial charge in [0.05, 0.1) is 11.6 Å². The second-order valence-corrected chi connectivity index (χ2v) is 7.67. The number of thioether (sulfide) groups is 1. The molecule has 0 radical (unpaired) electrons. The number of aryl methyl sites for hydroxylation is 1. The molecule has 0 bridgehead atoms. The van der Waals surface area contributed by atoms with E-state index in [1.165, 1.54) is 38.8 Å². The zero-order valence-corrected chi connectivity index (χ0v) is 15.3. The largest absolute Gasteiger partial charge is 0.348 e. The standard InChI is InChI=1S/C18H17N3O2S2/c1-24-18-20-14-8-9-25-16(14)17(23)21(18)10-15(22)19-13-7-6-11-4-2-3-5-12(11)13/h2-5,8-9,13H,6-7,10H2,1H3,(H,19,22)/t13-/m0/s1. The fourth-order valence-corrected chi connectivity index (χ4v) is 4.65. The number of rotatable bonds is 4. The van der Waals surface area contributed by atoms with Crippen LogP contribution in [-0.4, -0.2) is 21.7 Å². The molecule has 1 aliphatic rings. The molecule has 5 nitrogen and oxygen atoms in total. The number of nitrogens with one attached hydrogen (secondary N) is 1. The Morgan fingerprint density at radius 1 is 1.40 bits per heavy atom. The molecule has 4 rings (SSSR count). The predicted molar refractivity (Wildman–Crippen MR) is 101 cm³/mol. The molecule has 128 valence electrons. The average Bonchev–Trinajstić information content (AvgIpc) is 3.25. The molecule has 1 aliphatic carbocycles. The van der Waals surface area contributed by atoms with Crippen LogP contribution >= 0.6 is 23.1 Å². The second kappa shape index (κ2) is 6.65. The molecule has 0 aliphatic heterocycles. The number of hydrogen-bond donors (Lipinski definition) is 1. The first-order valence-electron chi connectivity index (χ1n) is 8.06. The van der Waals surface area contributed by atoms with Crippen molar-refractivity contribution in [2.75, 3.05) is 6.26 Å². The Labute approximate surface area is 153 Å². The molecule has 25 heavy (non-hydrogen) atoms. The van der Waals surface area contributed by atoms with Crippen LogP contribution in [0.15, 0.2) is 45.7 Å². The van der Waals surface area contributed by atoms with E-state index in [1.54, 1.807) is 0 Å². The van der Waals surface area contributed by atoms with Crippen molar-refractivity contribution in [1.29, 1.82) is 0 Å². The van der Waals surface area contributed by atoms with Gasteiger partial charge in [-0.25, -0.2) is 4.98 Å². The van der Waals surface area contributed by atoms with Crippen molar-refractivity contribution in [1.82, 2.24) is 14.9 Å². The summed E-state index contributed by atoms with van der Waals surface area (Å²) in [6.07, 6.45) is 3.74. The minimum Gasteiger partial charge on any atom is -0.348 e. The number of carbonyl (C=O) groups excluding carboxylic acids is 1. The van der Waals surface area contributed by atoms with Crippen molar-refractivity contribution < 1.29 is 4.79 Å². The number of nitrogens with zero attached hydrogens (tertiary/aromatic N) is 2. The Morgan fingerprint density at radius 3 is 3.08 bits per heavy atom. The lowest BCUT2D eigenvalue weighted by Gasteiger charge is -2.16. The zero-order chi connectivity index (χ0) is 17.4. The van der Waals surface area contributed by atoms with Gasteiger partial charge >= 0.3 is 0 Å². The summed E-state index contributed by atoms with van der Waals surface area (Å²) in [5.41, 5.74) is 3.02. The first-order valence-corrected chi connectivity index (χ1v) is 10.2. The fourth-order valence-electron chi connectivity index (χ4n) is 3.31. The molecule has 2 heterocycles. The van der Waals surface area contributed by atoms with Crippen molar-refractivity contribution >= 4 is 39.2 Å². The molecule has 1 amide bonds. The molecule has 1 N–H and O–H groups in total. The number of fused-ring (bicyclic) bond motifs is 2. The van der Waals surface area contributed by atoms with E-state index in [9.17, 15) is 9.59 Å². The molecule has 1 atom stereocenters. The number of thiophene rings is 1. The van der Waals surface area contributed by atoms with Crippen molar-refractivity contribution in [2.24, 2.45) is 0 Å². The maximum absolute atomic E-state index is 12.7. The summed E-state index contributed by atoms with van der Waals surface area (Å²) in [4.78, 5) is 29.7. The van der Waals surface area contributed by atoms with Crippen molar-refractivity contribution in [3.63, 3.8) is 0 Å². The molecule has 0 saturated heterocycles. The zero-order valence-electron chi connectivity index (χ0n) is 13.7. The number of carbonyl (C=O) groups is 1. The number of hydrogen-bond acceptors (Lipinski definition) is 5. The van der Waals surface area contributed by atoms with Gasteiger partial charge in [-0.05, 0) is 41.7 Å². The van der Waals surface area contributed by atoms with Crippen LogP contribution in [0.25, 0.3) is 10.2 Å². The highest BCUT2D eigenvalue weighted by atomic mass is 32.2. The van der Waals surface area contributed by atoms with E-state index < -0.39 is 0 Å². The summed E-state index contributed by atoms with van der Waals surface area (Å²) < 4.78 is 2.07. The topological polar surface area (TPSA) is 64.0 Å². The van der Waals surface area contributed by atoms with Crippen LogP contribution in [0.5, 0.6) is 0 Å². The lowest BCUT2D eigenvalue weighted by molar-refractivity contribution is -0.122. The van der Waals surface area contributed by atoms with Crippen LogP contribution in [-0.2, 0) is 17.8 Å². The lowest BCUT2D eigenvalue weighted by Crippen LogP contribution is -2.35. The lowest BCUT2D eigenvalue weighted by atomic mass is 10.1. The van der Waals surface area contributed by atoms with Gasteiger partial charge < -0.3 is 5.32 Å². The van der Waals surface area contributed by atoms with Crippen molar-refractivity contribution in [2.45, 2.75) is 30.6 Å². The quantitative estimate of drug-likeness (QED) is 0.566. The molecule has 0 saturated carbocycles. The van der Waals surface area contributed by atoms with Gasteiger partial charge in [-0.3, -0.25) is 14.2 Å². The van der Waals surface area contributed by atoms with Gasteiger partial charge in [-0.15, -0.1) is 11.3 Å². The van der Waals surface area contributed by atoms with Crippen LogP contribution < -0.4 is 10.9 Å². The summed E-state index contributed by atoms with van der Waals surface area (Å²) in [5, 5.41) is 5.49. The maximum atomic E-state index is 12.7. The van der Waals surface area contributed by atoms with E-state index in [0.717, 1.165) is 12.8 Å². The van der Waals surface area contributed by atoms with Gasteiger partial charge in [0.2, 0.25) is 5.91 Å². The van der Waals surface area contributed by atoms with Crippen LogP contribution in [0.3, 0.4) is 0 Å². The van der Waals surface area contributed by atoms with E-state index >= 15 is 0 Å². The summed E-state index contributed by atoms with van der Waals surface area (Å²) in [7, 11) is 0. The van der Waals surface area contributed by atoms with E-state index in [-0.39, 0.29) is 24.1 Å². The molecule has 7 heteroatoms.